The van der Waals surface area contributed by atoms with Crippen LogP contribution in [-0.2, 0) is 4.84 Å². The molecule has 0 aromatic heterocycles. The van der Waals surface area contributed by atoms with Crippen LogP contribution in [0.4, 0.5) is 0 Å². The van der Waals surface area contributed by atoms with Gasteiger partial charge in [-0.1, -0.05) is 35.5 Å². The van der Waals surface area contributed by atoms with E-state index in [-0.39, 0.29) is 0 Å². The molecule has 0 heterocycles. The Hall–Kier alpha value is -1.02. The van der Waals surface area contributed by atoms with Gasteiger partial charge in [-0.25, -0.2) is 0 Å². The number of oxime groups is 1. The highest BCUT2D eigenvalue weighted by molar-refractivity contribution is 6.18. The summed E-state index contributed by atoms with van der Waals surface area (Å²) in [6.45, 7) is 0. The summed E-state index contributed by atoms with van der Waals surface area (Å²) in [6, 6.07) is 10.00. The number of hydrogen-bond donors (Lipinski definition) is 0. The zero-order valence-electron chi connectivity index (χ0n) is 8.24. The second-order valence-corrected chi connectivity index (χ2v) is 3.26. The van der Waals surface area contributed by atoms with Crippen molar-refractivity contribution in [3.8, 4) is 0 Å². The quantitative estimate of drug-likeness (QED) is 0.417. The number of benzene rings is 1. The van der Waals surface area contributed by atoms with Gasteiger partial charge in [0.25, 0.3) is 0 Å². The lowest BCUT2D eigenvalue weighted by atomic mass is 10.1. The van der Waals surface area contributed by atoms with Gasteiger partial charge in [-0.05, 0) is 18.4 Å². The number of hydrogen-bond acceptors (Lipinski definition) is 2. The van der Waals surface area contributed by atoms with Gasteiger partial charge < -0.3 is 4.84 Å². The summed E-state index contributed by atoms with van der Waals surface area (Å²) in [5.74, 6) is 0.648. The van der Waals surface area contributed by atoms with Crippen molar-refractivity contribution in [1.29, 1.82) is 0 Å². The lowest BCUT2D eigenvalue weighted by Gasteiger charge is -2.03. The molecule has 1 rings (SSSR count). The van der Waals surface area contributed by atoms with Crippen LogP contribution in [0.25, 0.3) is 0 Å². The van der Waals surface area contributed by atoms with Crippen LogP contribution >= 0.6 is 11.6 Å². The highest BCUT2D eigenvalue weighted by Gasteiger charge is 2.02. The molecular formula is C11H14ClNO. The molecule has 14 heavy (non-hydrogen) atoms. The molecule has 0 unspecified atom stereocenters. The van der Waals surface area contributed by atoms with Crippen LogP contribution in [0.5, 0.6) is 0 Å². The molecule has 0 atom stereocenters. The summed E-state index contributed by atoms with van der Waals surface area (Å²) >= 11 is 5.64. The maximum absolute atomic E-state index is 5.64. The maximum atomic E-state index is 5.64. The van der Waals surface area contributed by atoms with E-state index in [1.165, 1.54) is 0 Å². The fourth-order valence-electron chi connectivity index (χ4n) is 1.22. The van der Waals surface area contributed by atoms with Crippen LogP contribution < -0.4 is 0 Å². The van der Waals surface area contributed by atoms with E-state index in [2.05, 4.69) is 5.16 Å². The van der Waals surface area contributed by atoms with Crippen molar-refractivity contribution >= 4 is 17.3 Å². The van der Waals surface area contributed by atoms with Crippen molar-refractivity contribution in [2.45, 2.75) is 12.8 Å². The Balaban J connectivity index is 2.73. The zero-order chi connectivity index (χ0) is 10.2. The minimum atomic E-state index is 0.648. The second kappa shape index (κ2) is 6.44. The van der Waals surface area contributed by atoms with Crippen LogP contribution in [0.2, 0.25) is 0 Å². The molecule has 0 aliphatic heterocycles. The molecule has 0 spiro atoms. The Bertz CT molecular complexity index is 285. The van der Waals surface area contributed by atoms with Crippen molar-refractivity contribution in [2.75, 3.05) is 13.0 Å². The van der Waals surface area contributed by atoms with Gasteiger partial charge in [0.1, 0.15) is 7.11 Å². The zero-order valence-corrected chi connectivity index (χ0v) is 9.00. The van der Waals surface area contributed by atoms with Gasteiger partial charge in [0, 0.05) is 5.88 Å². The topological polar surface area (TPSA) is 21.6 Å². The second-order valence-electron chi connectivity index (χ2n) is 2.88. The van der Waals surface area contributed by atoms with Gasteiger partial charge in [-0.15, -0.1) is 11.6 Å². The van der Waals surface area contributed by atoms with Gasteiger partial charge in [-0.3, -0.25) is 0 Å². The van der Waals surface area contributed by atoms with Crippen LogP contribution in [0.15, 0.2) is 35.5 Å². The SMILES string of the molecule is CO/N=C(\CCCCl)c1ccccc1. The number of alkyl halides is 1. The van der Waals surface area contributed by atoms with E-state index in [1.807, 2.05) is 30.3 Å². The van der Waals surface area contributed by atoms with Crippen LogP contribution in [0, 0.1) is 0 Å². The summed E-state index contributed by atoms with van der Waals surface area (Å²) in [4.78, 5) is 4.80. The van der Waals surface area contributed by atoms with Gasteiger partial charge in [0.05, 0.1) is 5.71 Å². The van der Waals surface area contributed by atoms with Crippen molar-refractivity contribution in [1.82, 2.24) is 0 Å². The van der Waals surface area contributed by atoms with E-state index >= 15 is 0 Å². The van der Waals surface area contributed by atoms with E-state index in [0.717, 1.165) is 24.1 Å². The monoisotopic (exact) mass is 211 g/mol. The van der Waals surface area contributed by atoms with Gasteiger partial charge in [-0.2, -0.15) is 0 Å². The Morgan fingerprint density at radius 3 is 2.64 bits per heavy atom. The third-order valence-electron chi connectivity index (χ3n) is 1.86. The largest absolute Gasteiger partial charge is 0.399 e. The van der Waals surface area contributed by atoms with Crippen molar-refractivity contribution in [3.05, 3.63) is 35.9 Å². The predicted molar refractivity (Wildman–Crippen MR) is 59.9 cm³/mol. The first-order chi connectivity index (χ1) is 6.88. The highest BCUT2D eigenvalue weighted by Crippen LogP contribution is 2.07. The van der Waals surface area contributed by atoms with Crippen molar-refractivity contribution < 1.29 is 4.84 Å². The summed E-state index contributed by atoms with van der Waals surface area (Å²) < 4.78 is 0. The normalized spacial score (nSPS) is 11.4. The first-order valence-electron chi connectivity index (χ1n) is 4.60. The van der Waals surface area contributed by atoms with E-state index in [1.54, 1.807) is 7.11 Å². The smallest absolute Gasteiger partial charge is 0.106 e. The van der Waals surface area contributed by atoms with E-state index in [0.29, 0.717) is 5.88 Å². The summed E-state index contributed by atoms with van der Waals surface area (Å²) in [6.07, 6.45) is 1.76. The van der Waals surface area contributed by atoms with E-state index < -0.39 is 0 Å². The van der Waals surface area contributed by atoms with Crippen LogP contribution in [0.1, 0.15) is 18.4 Å². The molecule has 0 fully saturated rings. The first kappa shape index (κ1) is 11.1. The summed E-state index contributed by atoms with van der Waals surface area (Å²) in [5, 5.41) is 3.99. The molecule has 2 nitrogen and oxygen atoms in total. The molecule has 0 aliphatic carbocycles. The third-order valence-corrected chi connectivity index (χ3v) is 2.12. The lowest BCUT2D eigenvalue weighted by Crippen LogP contribution is -2.01. The Morgan fingerprint density at radius 1 is 1.36 bits per heavy atom. The summed E-state index contributed by atoms with van der Waals surface area (Å²) in [5.41, 5.74) is 2.05. The van der Waals surface area contributed by atoms with Crippen molar-refractivity contribution in [3.63, 3.8) is 0 Å². The first-order valence-corrected chi connectivity index (χ1v) is 5.13. The van der Waals surface area contributed by atoms with Crippen molar-refractivity contribution in [2.24, 2.45) is 5.16 Å². The fraction of sp³-hybridized carbons (Fsp3) is 0.364. The Kier molecular flexibility index (Phi) is 5.08. The average molecular weight is 212 g/mol. The van der Waals surface area contributed by atoms with E-state index in [9.17, 15) is 0 Å². The molecule has 1 aromatic rings. The van der Waals surface area contributed by atoms with E-state index in [4.69, 9.17) is 16.4 Å². The minimum Gasteiger partial charge on any atom is -0.399 e. The predicted octanol–water partition coefficient (Wildman–Crippen LogP) is 3.06. The molecule has 0 aliphatic rings. The molecule has 1 aromatic carbocycles. The Morgan fingerprint density at radius 2 is 2.07 bits per heavy atom. The minimum absolute atomic E-state index is 0.648. The van der Waals surface area contributed by atoms with Gasteiger partial charge >= 0.3 is 0 Å². The average Bonchev–Trinajstić information content (AvgIpc) is 2.25. The number of nitrogens with zero attached hydrogens (tertiary/aromatic N) is 1. The number of halogens is 1. The molecule has 3 heteroatoms. The number of rotatable bonds is 5. The highest BCUT2D eigenvalue weighted by atomic mass is 35.5. The van der Waals surface area contributed by atoms with Gasteiger partial charge in [0.15, 0.2) is 0 Å². The summed E-state index contributed by atoms with van der Waals surface area (Å²) in [7, 11) is 1.56. The molecule has 0 bridgehead atoms. The standard InChI is InChI=1S/C11H14ClNO/c1-14-13-11(8-5-9-12)10-6-3-2-4-7-10/h2-4,6-7H,5,8-9H2,1H3/b13-11+. The molecule has 0 radical (unpaired) electrons. The molecule has 0 amide bonds. The maximum Gasteiger partial charge on any atom is 0.106 e. The third kappa shape index (κ3) is 3.38. The Labute approximate surface area is 89.5 Å². The fourth-order valence-corrected chi connectivity index (χ4v) is 1.35. The molecule has 0 saturated carbocycles. The molecule has 0 saturated heterocycles. The molecular weight excluding hydrogens is 198 g/mol. The van der Waals surface area contributed by atoms with Gasteiger partial charge in [0.2, 0.25) is 0 Å². The lowest BCUT2D eigenvalue weighted by molar-refractivity contribution is 0.213. The van der Waals surface area contributed by atoms with Crippen LogP contribution in [0.3, 0.4) is 0 Å². The molecule has 76 valence electrons. The molecule has 0 N–H and O–H groups in total. The van der Waals surface area contributed by atoms with Crippen LogP contribution in [-0.4, -0.2) is 18.7 Å².